The van der Waals surface area contributed by atoms with Gasteiger partial charge in [0.05, 0.1) is 11.4 Å². The Bertz CT molecular complexity index is 1280. The quantitative estimate of drug-likeness (QED) is 0.458. The number of carbonyl (C=O) groups excluding carboxylic acids is 1. The fourth-order valence-corrected chi connectivity index (χ4v) is 3.11. The van der Waals surface area contributed by atoms with Gasteiger partial charge in [0.2, 0.25) is 0 Å². The second kappa shape index (κ2) is 9.34. The molecule has 32 heavy (non-hydrogen) atoms. The topological polar surface area (TPSA) is 99.8 Å². The van der Waals surface area contributed by atoms with Gasteiger partial charge in [0, 0.05) is 12.1 Å². The molecule has 2 aromatic carbocycles. The molecule has 2 heterocycles. The van der Waals surface area contributed by atoms with Gasteiger partial charge < -0.3 is 14.8 Å². The molecule has 0 fully saturated rings. The van der Waals surface area contributed by atoms with Crippen LogP contribution in [0.4, 0.5) is 5.69 Å². The fraction of sp³-hybridized carbons (Fsp3) is 0.217. The minimum absolute atomic E-state index is 0.0493. The molecule has 2 aromatic heterocycles. The zero-order valence-corrected chi connectivity index (χ0v) is 17.8. The monoisotopic (exact) mass is 433 g/mol. The van der Waals surface area contributed by atoms with Crippen molar-refractivity contribution in [1.82, 2.24) is 19.2 Å². The molecule has 0 aliphatic rings. The largest absolute Gasteiger partial charge is 0.485 e. The molecule has 1 amide bonds. The highest BCUT2D eigenvalue weighted by Crippen LogP contribution is 2.24. The van der Waals surface area contributed by atoms with Crippen LogP contribution in [0.15, 0.2) is 71.8 Å². The minimum atomic E-state index is -0.318. The molecule has 0 saturated heterocycles. The lowest BCUT2D eigenvalue weighted by molar-refractivity contribution is -0.118. The number of anilines is 1. The molecule has 4 rings (SSSR count). The summed E-state index contributed by atoms with van der Waals surface area (Å²) in [7, 11) is 0. The Hall–Kier alpha value is -4.14. The van der Waals surface area contributed by atoms with Crippen molar-refractivity contribution in [1.29, 1.82) is 0 Å². The van der Waals surface area contributed by atoms with Crippen LogP contribution in [0.1, 0.15) is 25.6 Å². The van der Waals surface area contributed by atoms with Crippen LogP contribution in [0, 0.1) is 0 Å². The fourth-order valence-electron chi connectivity index (χ4n) is 3.11. The Morgan fingerprint density at radius 2 is 1.81 bits per heavy atom. The van der Waals surface area contributed by atoms with E-state index in [1.807, 2.05) is 32.0 Å². The Morgan fingerprint density at radius 1 is 1.06 bits per heavy atom. The van der Waals surface area contributed by atoms with Crippen LogP contribution < -0.4 is 20.3 Å². The van der Waals surface area contributed by atoms with Crippen molar-refractivity contribution in [2.75, 3.05) is 11.9 Å². The maximum atomic E-state index is 12.5. The molecule has 0 aliphatic carbocycles. The van der Waals surface area contributed by atoms with Crippen molar-refractivity contribution < 1.29 is 14.3 Å². The first-order chi connectivity index (χ1) is 15.5. The van der Waals surface area contributed by atoms with E-state index in [0.717, 1.165) is 0 Å². The maximum Gasteiger partial charge on any atom is 0.274 e. The van der Waals surface area contributed by atoms with Crippen molar-refractivity contribution in [3.63, 3.8) is 0 Å². The summed E-state index contributed by atoms with van der Waals surface area (Å²) in [4.78, 5) is 33.4. The zero-order chi connectivity index (χ0) is 22.5. The normalized spacial score (nSPS) is 11.0. The molecule has 9 heteroatoms. The molecule has 9 nitrogen and oxygen atoms in total. The molecular formula is C23H23N5O4. The maximum absolute atomic E-state index is 12.5. The number of nitrogens with zero attached hydrogens (tertiary/aromatic N) is 4. The standard InChI is InChI=1S/C23H23N5O4/c1-16(2)27-15-24-23-25-17(12-22(30)28(23)27)13-32-20-11-7-6-10-19(20)26-21(29)14-31-18-8-4-3-5-9-18/h3-12,15-16H,13-14H2,1-2H3,(H,26,29). The summed E-state index contributed by atoms with van der Waals surface area (Å²) >= 11 is 0. The van der Waals surface area contributed by atoms with Crippen LogP contribution in [-0.4, -0.2) is 31.7 Å². The first-order valence-corrected chi connectivity index (χ1v) is 10.2. The van der Waals surface area contributed by atoms with Crippen molar-refractivity contribution in [2.24, 2.45) is 0 Å². The number of para-hydroxylation sites is 3. The van der Waals surface area contributed by atoms with Gasteiger partial charge in [0.15, 0.2) is 6.61 Å². The van der Waals surface area contributed by atoms with Crippen molar-refractivity contribution >= 4 is 17.4 Å². The number of aromatic nitrogens is 4. The molecule has 0 unspecified atom stereocenters. The van der Waals surface area contributed by atoms with Crippen molar-refractivity contribution in [3.05, 3.63) is 83.0 Å². The summed E-state index contributed by atoms with van der Waals surface area (Å²) in [5.41, 5.74) is 0.702. The number of hydrogen-bond donors (Lipinski definition) is 1. The van der Waals surface area contributed by atoms with E-state index in [1.54, 1.807) is 47.4 Å². The van der Waals surface area contributed by atoms with Gasteiger partial charge >= 0.3 is 0 Å². The number of hydrogen-bond acceptors (Lipinski definition) is 6. The van der Waals surface area contributed by atoms with Crippen LogP contribution in [0.3, 0.4) is 0 Å². The summed E-state index contributed by atoms with van der Waals surface area (Å²) < 4.78 is 14.5. The Labute approximate surface area is 184 Å². The lowest BCUT2D eigenvalue weighted by Gasteiger charge is -2.13. The second-order valence-corrected chi connectivity index (χ2v) is 7.35. The highest BCUT2D eigenvalue weighted by Gasteiger charge is 2.12. The lowest BCUT2D eigenvalue weighted by Crippen LogP contribution is -2.23. The number of nitrogens with one attached hydrogen (secondary N) is 1. The molecule has 164 valence electrons. The Balaban J connectivity index is 1.43. The van der Waals surface area contributed by atoms with E-state index in [9.17, 15) is 9.59 Å². The van der Waals surface area contributed by atoms with E-state index in [-0.39, 0.29) is 30.7 Å². The third-order valence-corrected chi connectivity index (χ3v) is 4.63. The van der Waals surface area contributed by atoms with Gasteiger partial charge in [-0.15, -0.1) is 0 Å². The molecule has 0 saturated carbocycles. The van der Waals surface area contributed by atoms with Gasteiger partial charge in [-0.3, -0.25) is 14.3 Å². The average Bonchev–Trinajstić information content (AvgIpc) is 3.23. The highest BCUT2D eigenvalue weighted by atomic mass is 16.5. The van der Waals surface area contributed by atoms with Gasteiger partial charge in [-0.05, 0) is 38.1 Å². The van der Waals surface area contributed by atoms with E-state index in [4.69, 9.17) is 9.47 Å². The predicted octanol–water partition coefficient (Wildman–Crippen LogP) is 3.07. The minimum Gasteiger partial charge on any atom is -0.485 e. The summed E-state index contributed by atoms with van der Waals surface area (Å²) in [5, 5.41) is 2.78. The molecular weight excluding hydrogens is 410 g/mol. The summed E-state index contributed by atoms with van der Waals surface area (Å²) in [6.07, 6.45) is 1.58. The second-order valence-electron chi connectivity index (χ2n) is 7.35. The number of fused-ring (bicyclic) bond motifs is 1. The van der Waals surface area contributed by atoms with Crippen LogP contribution >= 0.6 is 0 Å². The molecule has 0 radical (unpaired) electrons. The summed E-state index contributed by atoms with van der Waals surface area (Å²) in [5.74, 6) is 1.06. The van der Waals surface area contributed by atoms with Crippen LogP contribution in [0.25, 0.3) is 5.78 Å². The zero-order valence-electron chi connectivity index (χ0n) is 17.8. The molecule has 0 bridgehead atoms. The number of benzene rings is 2. The molecule has 0 spiro atoms. The van der Waals surface area contributed by atoms with Crippen molar-refractivity contribution in [3.8, 4) is 11.5 Å². The number of rotatable bonds is 8. The molecule has 0 atom stereocenters. The number of ether oxygens (including phenoxy) is 2. The van der Waals surface area contributed by atoms with E-state index in [1.165, 1.54) is 10.6 Å². The molecule has 4 aromatic rings. The first kappa shape index (κ1) is 21.1. The lowest BCUT2D eigenvalue weighted by atomic mass is 10.3. The third-order valence-electron chi connectivity index (χ3n) is 4.63. The van der Waals surface area contributed by atoms with Crippen LogP contribution in [-0.2, 0) is 11.4 Å². The van der Waals surface area contributed by atoms with Gasteiger partial charge in [-0.2, -0.15) is 9.50 Å². The van der Waals surface area contributed by atoms with E-state index in [0.29, 0.717) is 28.7 Å². The van der Waals surface area contributed by atoms with Crippen LogP contribution in [0.2, 0.25) is 0 Å². The molecule has 1 N–H and O–H groups in total. The van der Waals surface area contributed by atoms with Gasteiger partial charge in [-0.25, -0.2) is 4.98 Å². The van der Waals surface area contributed by atoms with Crippen molar-refractivity contribution in [2.45, 2.75) is 26.5 Å². The van der Waals surface area contributed by atoms with Gasteiger partial charge in [-0.1, -0.05) is 30.3 Å². The number of carbonyl (C=O) groups is 1. The molecule has 0 aliphatic heterocycles. The SMILES string of the molecule is CC(C)n1cnc2nc(COc3ccccc3NC(=O)COc3ccccc3)cc(=O)n21. The van der Waals surface area contributed by atoms with E-state index >= 15 is 0 Å². The Kier molecular flexibility index (Phi) is 6.16. The predicted molar refractivity (Wildman–Crippen MR) is 119 cm³/mol. The van der Waals surface area contributed by atoms with E-state index < -0.39 is 0 Å². The summed E-state index contributed by atoms with van der Waals surface area (Å²) in [6, 6.07) is 17.6. The third kappa shape index (κ3) is 4.77. The van der Waals surface area contributed by atoms with Gasteiger partial charge in [0.25, 0.3) is 17.2 Å². The highest BCUT2D eigenvalue weighted by molar-refractivity contribution is 5.93. The first-order valence-electron chi connectivity index (χ1n) is 10.2. The smallest absolute Gasteiger partial charge is 0.274 e. The average molecular weight is 433 g/mol. The van der Waals surface area contributed by atoms with Crippen LogP contribution in [0.5, 0.6) is 11.5 Å². The van der Waals surface area contributed by atoms with E-state index in [2.05, 4.69) is 15.3 Å². The van der Waals surface area contributed by atoms with Gasteiger partial charge in [0.1, 0.15) is 24.4 Å². The Morgan fingerprint density at radius 3 is 2.59 bits per heavy atom. The summed E-state index contributed by atoms with van der Waals surface area (Å²) in [6.45, 7) is 3.83. The number of amides is 1.